The van der Waals surface area contributed by atoms with Gasteiger partial charge in [0.05, 0.1) is 7.11 Å². The highest BCUT2D eigenvalue weighted by molar-refractivity contribution is 6.30. The lowest BCUT2D eigenvalue weighted by atomic mass is 9.97. The van der Waals surface area contributed by atoms with Crippen molar-refractivity contribution in [3.05, 3.63) is 28.8 Å². The van der Waals surface area contributed by atoms with Crippen LogP contribution in [0.1, 0.15) is 24.8 Å². The van der Waals surface area contributed by atoms with E-state index in [1.54, 1.807) is 7.11 Å². The Kier molecular flexibility index (Phi) is 4.92. The van der Waals surface area contributed by atoms with Gasteiger partial charge in [-0.2, -0.15) is 0 Å². The van der Waals surface area contributed by atoms with Crippen LogP contribution in [0.3, 0.4) is 0 Å². The molecule has 0 aliphatic heterocycles. The third-order valence-corrected chi connectivity index (χ3v) is 2.79. The third kappa shape index (κ3) is 3.40. The fourth-order valence-electron chi connectivity index (χ4n) is 1.61. The SMILES string of the molecule is CNCCC(C)c1cc(Cl)ccc1OC. The van der Waals surface area contributed by atoms with Crippen LogP contribution in [-0.2, 0) is 0 Å². The minimum absolute atomic E-state index is 0.450. The van der Waals surface area contributed by atoms with E-state index in [0.29, 0.717) is 5.92 Å². The highest BCUT2D eigenvalue weighted by atomic mass is 35.5. The van der Waals surface area contributed by atoms with Crippen molar-refractivity contribution in [2.24, 2.45) is 0 Å². The maximum Gasteiger partial charge on any atom is 0.122 e. The second-order valence-electron chi connectivity index (χ2n) is 3.68. The highest BCUT2D eigenvalue weighted by Gasteiger charge is 2.11. The van der Waals surface area contributed by atoms with Gasteiger partial charge >= 0.3 is 0 Å². The molecule has 0 saturated carbocycles. The van der Waals surface area contributed by atoms with Crippen molar-refractivity contribution < 1.29 is 4.74 Å². The van der Waals surface area contributed by atoms with Gasteiger partial charge in [0, 0.05) is 5.02 Å². The van der Waals surface area contributed by atoms with Crippen LogP contribution in [0.4, 0.5) is 0 Å². The summed E-state index contributed by atoms with van der Waals surface area (Å²) in [5.74, 6) is 1.37. The van der Waals surface area contributed by atoms with E-state index in [4.69, 9.17) is 16.3 Å². The van der Waals surface area contributed by atoms with E-state index in [1.807, 2.05) is 25.2 Å². The summed E-state index contributed by atoms with van der Waals surface area (Å²) in [6.07, 6.45) is 1.08. The predicted octanol–water partition coefficient (Wildman–Crippen LogP) is 3.06. The van der Waals surface area contributed by atoms with Crippen LogP contribution in [0, 0.1) is 0 Å². The smallest absolute Gasteiger partial charge is 0.122 e. The first-order valence-corrected chi connectivity index (χ1v) is 5.55. The van der Waals surface area contributed by atoms with Gasteiger partial charge in [0.2, 0.25) is 0 Å². The maximum atomic E-state index is 5.98. The maximum absolute atomic E-state index is 5.98. The number of benzene rings is 1. The fourth-order valence-corrected chi connectivity index (χ4v) is 1.79. The minimum atomic E-state index is 0.450. The molecule has 0 aliphatic rings. The van der Waals surface area contributed by atoms with E-state index < -0.39 is 0 Å². The van der Waals surface area contributed by atoms with Crippen LogP contribution in [0.2, 0.25) is 5.02 Å². The Balaban J connectivity index is 2.85. The average molecular weight is 228 g/mol. The summed E-state index contributed by atoms with van der Waals surface area (Å²) >= 11 is 5.98. The number of ether oxygens (including phenoxy) is 1. The molecule has 1 aromatic carbocycles. The standard InChI is InChI=1S/C12H18ClNO/c1-9(6-7-14-2)11-8-10(13)4-5-12(11)15-3/h4-5,8-9,14H,6-7H2,1-3H3. The van der Waals surface area contributed by atoms with Crippen molar-refractivity contribution in [3.63, 3.8) is 0 Å². The largest absolute Gasteiger partial charge is 0.496 e. The van der Waals surface area contributed by atoms with Crippen LogP contribution < -0.4 is 10.1 Å². The molecule has 0 aromatic heterocycles. The normalized spacial score (nSPS) is 12.5. The third-order valence-electron chi connectivity index (χ3n) is 2.55. The monoisotopic (exact) mass is 227 g/mol. The minimum Gasteiger partial charge on any atom is -0.496 e. The van der Waals surface area contributed by atoms with Gasteiger partial charge in [-0.3, -0.25) is 0 Å². The number of halogens is 1. The molecule has 0 aliphatic carbocycles. The van der Waals surface area contributed by atoms with E-state index in [-0.39, 0.29) is 0 Å². The molecular weight excluding hydrogens is 210 g/mol. The predicted molar refractivity (Wildman–Crippen MR) is 65.0 cm³/mol. The Morgan fingerprint density at radius 1 is 1.47 bits per heavy atom. The lowest BCUT2D eigenvalue weighted by Gasteiger charge is -2.15. The van der Waals surface area contributed by atoms with Crippen LogP contribution >= 0.6 is 11.6 Å². The number of nitrogens with one attached hydrogen (secondary N) is 1. The Morgan fingerprint density at radius 3 is 2.80 bits per heavy atom. The summed E-state index contributed by atoms with van der Waals surface area (Å²) in [5.41, 5.74) is 1.18. The van der Waals surface area contributed by atoms with E-state index in [0.717, 1.165) is 23.7 Å². The van der Waals surface area contributed by atoms with E-state index >= 15 is 0 Å². The summed E-state index contributed by atoms with van der Waals surface area (Å²) in [7, 11) is 3.65. The zero-order chi connectivity index (χ0) is 11.3. The molecule has 0 saturated heterocycles. The first-order valence-electron chi connectivity index (χ1n) is 5.17. The summed E-state index contributed by atoms with van der Waals surface area (Å²) in [6.45, 7) is 3.18. The molecule has 1 unspecified atom stereocenters. The molecule has 1 aromatic rings. The van der Waals surface area contributed by atoms with Gasteiger partial charge in [-0.1, -0.05) is 18.5 Å². The van der Waals surface area contributed by atoms with Gasteiger partial charge in [-0.25, -0.2) is 0 Å². The molecule has 0 spiro atoms. The quantitative estimate of drug-likeness (QED) is 0.835. The number of rotatable bonds is 5. The first kappa shape index (κ1) is 12.3. The Labute approximate surface area is 96.6 Å². The van der Waals surface area contributed by atoms with Crippen molar-refractivity contribution in [2.75, 3.05) is 20.7 Å². The second kappa shape index (κ2) is 5.99. The molecular formula is C12H18ClNO. The first-order chi connectivity index (χ1) is 7.19. The zero-order valence-electron chi connectivity index (χ0n) is 9.51. The van der Waals surface area contributed by atoms with Gasteiger partial charge in [0.15, 0.2) is 0 Å². The lowest BCUT2D eigenvalue weighted by molar-refractivity contribution is 0.405. The molecule has 1 atom stereocenters. The van der Waals surface area contributed by atoms with Crippen molar-refractivity contribution >= 4 is 11.6 Å². The topological polar surface area (TPSA) is 21.3 Å². The Morgan fingerprint density at radius 2 is 2.20 bits per heavy atom. The fraction of sp³-hybridized carbons (Fsp3) is 0.500. The van der Waals surface area contributed by atoms with Crippen LogP contribution in [-0.4, -0.2) is 20.7 Å². The summed E-state index contributed by atoms with van der Waals surface area (Å²) in [6, 6.07) is 5.77. The molecule has 15 heavy (non-hydrogen) atoms. The van der Waals surface area contributed by atoms with E-state index in [1.165, 1.54) is 5.56 Å². The summed E-state index contributed by atoms with van der Waals surface area (Å²) in [4.78, 5) is 0. The van der Waals surface area contributed by atoms with Gasteiger partial charge in [-0.05, 0) is 49.7 Å². The van der Waals surface area contributed by atoms with Crippen molar-refractivity contribution in [2.45, 2.75) is 19.3 Å². The number of hydrogen-bond donors (Lipinski definition) is 1. The van der Waals surface area contributed by atoms with E-state index in [9.17, 15) is 0 Å². The zero-order valence-corrected chi connectivity index (χ0v) is 10.3. The second-order valence-corrected chi connectivity index (χ2v) is 4.12. The summed E-state index contributed by atoms with van der Waals surface area (Å²) in [5, 5.41) is 3.91. The van der Waals surface area contributed by atoms with E-state index in [2.05, 4.69) is 12.2 Å². The molecule has 0 fully saturated rings. The molecule has 0 heterocycles. The molecule has 0 bridgehead atoms. The molecule has 84 valence electrons. The van der Waals surface area contributed by atoms with Gasteiger partial charge in [0.25, 0.3) is 0 Å². The van der Waals surface area contributed by atoms with Crippen LogP contribution in [0.5, 0.6) is 5.75 Å². The molecule has 1 rings (SSSR count). The number of methoxy groups -OCH3 is 1. The molecule has 0 radical (unpaired) electrons. The van der Waals surface area contributed by atoms with Gasteiger partial charge in [0.1, 0.15) is 5.75 Å². The van der Waals surface area contributed by atoms with Crippen LogP contribution in [0.15, 0.2) is 18.2 Å². The molecule has 0 amide bonds. The van der Waals surface area contributed by atoms with Crippen LogP contribution in [0.25, 0.3) is 0 Å². The Bertz CT molecular complexity index is 314. The van der Waals surface area contributed by atoms with Crippen molar-refractivity contribution in [1.29, 1.82) is 0 Å². The van der Waals surface area contributed by atoms with Gasteiger partial charge in [-0.15, -0.1) is 0 Å². The molecule has 2 nitrogen and oxygen atoms in total. The van der Waals surface area contributed by atoms with Crippen molar-refractivity contribution in [1.82, 2.24) is 5.32 Å². The lowest BCUT2D eigenvalue weighted by Crippen LogP contribution is -2.11. The highest BCUT2D eigenvalue weighted by Crippen LogP contribution is 2.30. The Hall–Kier alpha value is -0.730. The number of hydrogen-bond acceptors (Lipinski definition) is 2. The molecule has 3 heteroatoms. The van der Waals surface area contributed by atoms with Gasteiger partial charge < -0.3 is 10.1 Å². The average Bonchev–Trinajstić information content (AvgIpc) is 2.25. The van der Waals surface area contributed by atoms with Crippen molar-refractivity contribution in [3.8, 4) is 5.75 Å². The molecule has 1 N–H and O–H groups in total. The summed E-state index contributed by atoms with van der Waals surface area (Å²) < 4.78 is 5.32.